The molecular weight excluding hydrogens is 264 g/mol. The van der Waals surface area contributed by atoms with E-state index in [1.807, 2.05) is 0 Å². The summed E-state index contributed by atoms with van der Waals surface area (Å²) >= 11 is 0. The van der Waals surface area contributed by atoms with Crippen molar-refractivity contribution in [2.45, 2.75) is 13.3 Å². The third-order valence-electron chi connectivity index (χ3n) is 3.10. The van der Waals surface area contributed by atoms with Crippen molar-refractivity contribution in [2.75, 3.05) is 19.7 Å². The molecule has 1 heterocycles. The number of rotatable bonds is 4. The fraction of sp³-hybridized carbons (Fsp3) is 0.385. The highest BCUT2D eigenvalue weighted by Gasteiger charge is 2.27. The largest absolute Gasteiger partial charge is 0.465 e. The molecule has 1 aromatic carbocycles. The molecular formula is C13H14N2O5. The predicted molar refractivity (Wildman–Crippen MR) is 69.3 cm³/mol. The number of nitrogens with zero attached hydrogens (tertiary/aromatic N) is 2. The van der Waals surface area contributed by atoms with E-state index in [1.54, 1.807) is 13.0 Å². The van der Waals surface area contributed by atoms with Crippen LogP contribution in [0.1, 0.15) is 22.8 Å². The minimum Gasteiger partial charge on any atom is -0.465 e. The monoisotopic (exact) mass is 278 g/mol. The topological polar surface area (TPSA) is 89.8 Å². The number of amides is 1. The third kappa shape index (κ3) is 2.76. The van der Waals surface area contributed by atoms with Gasteiger partial charge in [0.05, 0.1) is 11.5 Å². The van der Waals surface area contributed by atoms with Crippen molar-refractivity contribution in [2.24, 2.45) is 0 Å². The van der Waals surface area contributed by atoms with E-state index in [-0.39, 0.29) is 30.3 Å². The van der Waals surface area contributed by atoms with Crippen molar-refractivity contribution in [1.82, 2.24) is 4.90 Å². The number of ether oxygens (including phenoxy) is 1. The van der Waals surface area contributed by atoms with Crippen molar-refractivity contribution in [1.29, 1.82) is 0 Å². The van der Waals surface area contributed by atoms with Crippen LogP contribution in [-0.4, -0.2) is 41.4 Å². The van der Waals surface area contributed by atoms with Crippen LogP contribution in [-0.2, 0) is 16.0 Å². The minimum atomic E-state index is -0.544. The summed E-state index contributed by atoms with van der Waals surface area (Å²) in [6.45, 7) is 2.22. The van der Waals surface area contributed by atoms with E-state index < -0.39 is 10.9 Å². The Bertz CT molecular complexity index is 570. The molecule has 0 saturated heterocycles. The van der Waals surface area contributed by atoms with Crippen LogP contribution in [0.2, 0.25) is 0 Å². The maximum atomic E-state index is 12.2. The molecule has 0 aliphatic carbocycles. The second-order valence-electron chi connectivity index (χ2n) is 4.38. The van der Waals surface area contributed by atoms with Gasteiger partial charge in [0.1, 0.15) is 6.54 Å². The molecule has 1 aliphatic rings. The van der Waals surface area contributed by atoms with Gasteiger partial charge in [-0.25, -0.2) is 0 Å². The predicted octanol–water partition coefficient (Wildman–Crippen LogP) is 1.16. The normalized spacial score (nSPS) is 13.8. The summed E-state index contributed by atoms with van der Waals surface area (Å²) in [7, 11) is 0. The van der Waals surface area contributed by atoms with Crippen molar-refractivity contribution >= 4 is 17.6 Å². The van der Waals surface area contributed by atoms with Gasteiger partial charge in [0, 0.05) is 24.2 Å². The second kappa shape index (κ2) is 5.68. The maximum Gasteiger partial charge on any atom is 0.325 e. The fourth-order valence-corrected chi connectivity index (χ4v) is 2.14. The fourth-order valence-electron chi connectivity index (χ4n) is 2.14. The molecule has 0 unspecified atom stereocenters. The highest BCUT2D eigenvalue weighted by molar-refractivity contribution is 5.98. The van der Waals surface area contributed by atoms with Gasteiger partial charge in [0.2, 0.25) is 0 Å². The SMILES string of the molecule is CCOC(=O)CN1CCc2ccc([N+](=O)[O-])cc2C1=O. The molecule has 0 saturated carbocycles. The molecule has 1 amide bonds. The molecule has 0 atom stereocenters. The van der Waals surface area contributed by atoms with Crippen LogP contribution < -0.4 is 0 Å². The van der Waals surface area contributed by atoms with Crippen molar-refractivity contribution in [3.63, 3.8) is 0 Å². The van der Waals surface area contributed by atoms with Crippen LogP contribution in [0.15, 0.2) is 18.2 Å². The molecule has 0 aromatic heterocycles. The summed E-state index contributed by atoms with van der Waals surface area (Å²) in [5.41, 5.74) is 0.922. The Morgan fingerprint density at radius 2 is 2.25 bits per heavy atom. The molecule has 1 aliphatic heterocycles. The van der Waals surface area contributed by atoms with Gasteiger partial charge in [0.15, 0.2) is 0 Å². The minimum absolute atomic E-state index is 0.130. The molecule has 0 N–H and O–H groups in total. The smallest absolute Gasteiger partial charge is 0.325 e. The van der Waals surface area contributed by atoms with Crippen molar-refractivity contribution in [3.8, 4) is 0 Å². The lowest BCUT2D eigenvalue weighted by atomic mass is 9.98. The first-order chi connectivity index (χ1) is 9.52. The average Bonchev–Trinajstić information content (AvgIpc) is 2.42. The van der Waals surface area contributed by atoms with Crippen LogP contribution >= 0.6 is 0 Å². The molecule has 0 bridgehead atoms. The standard InChI is InChI=1S/C13H14N2O5/c1-2-20-12(16)8-14-6-5-9-3-4-10(15(18)19)7-11(9)13(14)17/h3-4,7H,2,5-6,8H2,1H3. The molecule has 20 heavy (non-hydrogen) atoms. The number of carbonyl (C=O) groups is 2. The lowest BCUT2D eigenvalue weighted by Gasteiger charge is -2.27. The molecule has 0 fully saturated rings. The number of benzene rings is 1. The van der Waals surface area contributed by atoms with Gasteiger partial charge in [-0.05, 0) is 18.9 Å². The van der Waals surface area contributed by atoms with E-state index in [4.69, 9.17) is 4.74 Å². The zero-order chi connectivity index (χ0) is 14.7. The van der Waals surface area contributed by atoms with Crippen LogP contribution in [0.5, 0.6) is 0 Å². The van der Waals surface area contributed by atoms with Gasteiger partial charge in [-0.15, -0.1) is 0 Å². The average molecular weight is 278 g/mol. The van der Waals surface area contributed by atoms with Crippen LogP contribution in [0.3, 0.4) is 0 Å². The Morgan fingerprint density at radius 1 is 1.50 bits per heavy atom. The lowest BCUT2D eigenvalue weighted by Crippen LogP contribution is -2.41. The Morgan fingerprint density at radius 3 is 2.90 bits per heavy atom. The number of hydrogen-bond donors (Lipinski definition) is 0. The first-order valence-corrected chi connectivity index (χ1v) is 6.25. The van der Waals surface area contributed by atoms with E-state index in [0.717, 1.165) is 5.56 Å². The van der Waals surface area contributed by atoms with Crippen LogP contribution in [0.4, 0.5) is 5.69 Å². The summed E-state index contributed by atoms with van der Waals surface area (Å²) in [5.74, 6) is -0.849. The number of nitro benzene ring substituents is 1. The number of nitro groups is 1. The van der Waals surface area contributed by atoms with Gasteiger partial charge in [-0.1, -0.05) is 6.07 Å². The highest BCUT2D eigenvalue weighted by Crippen LogP contribution is 2.23. The summed E-state index contributed by atoms with van der Waals surface area (Å²) < 4.78 is 4.80. The molecule has 7 nitrogen and oxygen atoms in total. The lowest BCUT2D eigenvalue weighted by molar-refractivity contribution is -0.384. The highest BCUT2D eigenvalue weighted by atomic mass is 16.6. The van der Waals surface area contributed by atoms with E-state index in [2.05, 4.69) is 0 Å². The van der Waals surface area contributed by atoms with Gasteiger partial charge in [-0.2, -0.15) is 0 Å². The summed E-state index contributed by atoms with van der Waals surface area (Å²) in [5, 5.41) is 10.7. The van der Waals surface area contributed by atoms with Crippen molar-refractivity contribution < 1.29 is 19.2 Å². The van der Waals surface area contributed by atoms with Gasteiger partial charge < -0.3 is 9.64 Å². The van der Waals surface area contributed by atoms with Crippen molar-refractivity contribution in [3.05, 3.63) is 39.4 Å². The number of fused-ring (bicyclic) bond motifs is 1. The second-order valence-corrected chi connectivity index (χ2v) is 4.38. The molecule has 7 heteroatoms. The number of carbonyl (C=O) groups excluding carboxylic acids is 2. The zero-order valence-corrected chi connectivity index (χ0v) is 11.0. The third-order valence-corrected chi connectivity index (χ3v) is 3.10. The number of esters is 1. The summed E-state index contributed by atoms with van der Waals surface area (Å²) in [6.07, 6.45) is 0.568. The number of hydrogen-bond acceptors (Lipinski definition) is 5. The van der Waals surface area contributed by atoms with E-state index in [0.29, 0.717) is 13.0 Å². The maximum absolute atomic E-state index is 12.2. The molecule has 2 rings (SSSR count). The van der Waals surface area contributed by atoms with Gasteiger partial charge in [-0.3, -0.25) is 19.7 Å². The van der Waals surface area contributed by atoms with E-state index in [1.165, 1.54) is 17.0 Å². The van der Waals surface area contributed by atoms with Crippen LogP contribution in [0.25, 0.3) is 0 Å². The van der Waals surface area contributed by atoms with E-state index >= 15 is 0 Å². The molecule has 0 spiro atoms. The van der Waals surface area contributed by atoms with E-state index in [9.17, 15) is 19.7 Å². The zero-order valence-electron chi connectivity index (χ0n) is 11.0. The Labute approximate surface area is 115 Å². The molecule has 106 valence electrons. The first kappa shape index (κ1) is 14.0. The Kier molecular flexibility index (Phi) is 3.97. The summed E-state index contributed by atoms with van der Waals surface area (Å²) in [4.78, 5) is 35.2. The summed E-state index contributed by atoms with van der Waals surface area (Å²) in [6, 6.07) is 4.23. The Hall–Kier alpha value is -2.44. The number of non-ortho nitro benzene ring substituents is 1. The molecule has 0 radical (unpaired) electrons. The van der Waals surface area contributed by atoms with Gasteiger partial charge >= 0.3 is 5.97 Å². The van der Waals surface area contributed by atoms with Crippen LogP contribution in [0, 0.1) is 10.1 Å². The quantitative estimate of drug-likeness (QED) is 0.468. The Balaban J connectivity index is 2.21. The first-order valence-electron chi connectivity index (χ1n) is 6.25. The molecule has 1 aromatic rings. The van der Waals surface area contributed by atoms with Gasteiger partial charge in [0.25, 0.3) is 11.6 Å².